The Morgan fingerprint density at radius 1 is 1.24 bits per heavy atom. The highest BCUT2D eigenvalue weighted by Gasteiger charge is 2.23. The van der Waals surface area contributed by atoms with Gasteiger partial charge in [0.2, 0.25) is 5.91 Å². The van der Waals surface area contributed by atoms with E-state index in [2.05, 4.69) is 26.9 Å². The summed E-state index contributed by atoms with van der Waals surface area (Å²) >= 11 is 2.78. The number of hydrogen-bond acceptors (Lipinski definition) is 7. The number of aromatic nitrogens is 3. The highest BCUT2D eigenvalue weighted by Crippen LogP contribution is 2.37. The van der Waals surface area contributed by atoms with Crippen LogP contribution in [0.1, 0.15) is 63.6 Å². The van der Waals surface area contributed by atoms with Gasteiger partial charge in [-0.2, -0.15) is 5.26 Å². The van der Waals surface area contributed by atoms with E-state index in [0.717, 1.165) is 36.8 Å². The fourth-order valence-electron chi connectivity index (χ4n) is 3.94. The van der Waals surface area contributed by atoms with E-state index >= 15 is 0 Å². The molecule has 0 unspecified atom stereocenters. The molecule has 2 N–H and O–H groups in total. The van der Waals surface area contributed by atoms with Crippen LogP contribution in [0.3, 0.4) is 0 Å². The van der Waals surface area contributed by atoms with Crippen LogP contribution in [0, 0.1) is 18.3 Å². The Balaban J connectivity index is 1.36. The molecule has 0 saturated heterocycles. The minimum Gasteiger partial charge on any atom is -0.342 e. The van der Waals surface area contributed by atoms with Crippen LogP contribution in [0.2, 0.25) is 0 Å². The van der Waals surface area contributed by atoms with Crippen molar-refractivity contribution in [1.29, 1.82) is 5.26 Å². The fraction of sp³-hybridized carbons (Fsp3) is 0.375. The second kappa shape index (κ2) is 10.4. The van der Waals surface area contributed by atoms with Gasteiger partial charge in [0.15, 0.2) is 11.0 Å². The second-order valence-corrected chi connectivity index (χ2v) is 10.4. The topological polar surface area (TPSA) is 113 Å². The zero-order valence-electron chi connectivity index (χ0n) is 19.3. The lowest BCUT2D eigenvalue weighted by Crippen LogP contribution is -2.28. The van der Waals surface area contributed by atoms with E-state index in [1.54, 1.807) is 16.7 Å². The van der Waals surface area contributed by atoms with E-state index in [1.165, 1.54) is 28.0 Å². The maximum atomic E-state index is 12.6. The van der Waals surface area contributed by atoms with Crippen LogP contribution in [0.15, 0.2) is 29.4 Å². The molecule has 8 nitrogen and oxygen atoms in total. The van der Waals surface area contributed by atoms with E-state index in [0.29, 0.717) is 27.1 Å². The quantitative estimate of drug-likeness (QED) is 0.477. The van der Waals surface area contributed by atoms with Crippen molar-refractivity contribution in [3.63, 3.8) is 0 Å². The summed E-state index contributed by atoms with van der Waals surface area (Å²) in [6.45, 7) is 3.82. The molecule has 1 atom stereocenters. The van der Waals surface area contributed by atoms with Crippen molar-refractivity contribution in [3.05, 3.63) is 57.2 Å². The first-order valence-corrected chi connectivity index (χ1v) is 12.9. The Kier molecular flexibility index (Phi) is 7.34. The van der Waals surface area contributed by atoms with Crippen molar-refractivity contribution in [2.75, 3.05) is 11.1 Å². The summed E-state index contributed by atoms with van der Waals surface area (Å²) in [5.74, 6) is 0.367. The zero-order valence-corrected chi connectivity index (χ0v) is 21.0. The third kappa shape index (κ3) is 5.16. The molecule has 4 rings (SSSR count). The molecule has 176 valence electrons. The van der Waals surface area contributed by atoms with Crippen LogP contribution in [-0.2, 0) is 24.7 Å². The number of amides is 2. The molecule has 0 saturated carbocycles. The molecule has 1 aliphatic rings. The lowest BCUT2D eigenvalue weighted by molar-refractivity contribution is -0.113. The molecule has 0 radical (unpaired) electrons. The van der Waals surface area contributed by atoms with Crippen molar-refractivity contribution >= 4 is 39.9 Å². The van der Waals surface area contributed by atoms with Gasteiger partial charge in [-0.3, -0.25) is 9.59 Å². The highest BCUT2D eigenvalue weighted by atomic mass is 32.2. The summed E-state index contributed by atoms with van der Waals surface area (Å²) in [5, 5.41) is 25.0. The molecule has 1 aromatic carbocycles. The number of hydrogen-bond donors (Lipinski definition) is 2. The number of rotatable bonds is 7. The number of nitriles is 1. The monoisotopic (exact) mass is 494 g/mol. The third-order valence-electron chi connectivity index (χ3n) is 5.79. The van der Waals surface area contributed by atoms with Crippen molar-refractivity contribution in [2.45, 2.75) is 50.7 Å². The minimum atomic E-state index is -0.356. The Hall–Kier alpha value is -3.16. The molecule has 0 spiro atoms. The molecule has 2 heterocycles. The summed E-state index contributed by atoms with van der Waals surface area (Å²) in [5.41, 5.74) is 3.38. The molecule has 0 bridgehead atoms. The number of carbonyl (C=O) groups excluding carboxylic acids is 2. The Bertz CT molecular complexity index is 1260. The average Bonchev–Trinajstić information content (AvgIpc) is 3.37. The van der Waals surface area contributed by atoms with Crippen LogP contribution in [0.4, 0.5) is 5.00 Å². The average molecular weight is 495 g/mol. The molecule has 10 heteroatoms. The molecule has 0 fully saturated rings. The molecule has 2 aromatic heterocycles. The smallest absolute Gasteiger partial charge is 0.251 e. The predicted octanol–water partition coefficient (Wildman–Crippen LogP) is 4.16. The summed E-state index contributed by atoms with van der Waals surface area (Å²) in [6, 6.07) is 9.28. The van der Waals surface area contributed by atoms with E-state index < -0.39 is 0 Å². The van der Waals surface area contributed by atoms with Gasteiger partial charge in [0.05, 0.1) is 17.4 Å². The van der Waals surface area contributed by atoms with Gasteiger partial charge in [0.1, 0.15) is 11.1 Å². The molecular formula is C24H26N6O2S2. The second-order valence-electron chi connectivity index (χ2n) is 8.32. The van der Waals surface area contributed by atoms with Crippen molar-refractivity contribution < 1.29 is 9.59 Å². The number of fused-ring (bicyclic) bond motifs is 1. The van der Waals surface area contributed by atoms with Crippen LogP contribution < -0.4 is 10.6 Å². The Morgan fingerprint density at radius 3 is 2.71 bits per heavy atom. The van der Waals surface area contributed by atoms with E-state index in [9.17, 15) is 14.9 Å². The first-order chi connectivity index (χ1) is 16.4. The van der Waals surface area contributed by atoms with E-state index in [-0.39, 0.29) is 23.6 Å². The standard InChI is InChI=1S/C24H26N6O2S2/c1-14-8-10-16(11-9-14)22(32)26-15(2)21-28-29-24(30(21)3)33-13-20(31)27-23-18(12-25)17-6-4-5-7-19(17)34-23/h8-11,15H,4-7,13H2,1-3H3,(H,26,32)(H,27,31)/t15-/m1/s1. The zero-order chi connectivity index (χ0) is 24.2. The highest BCUT2D eigenvalue weighted by molar-refractivity contribution is 7.99. The Morgan fingerprint density at radius 2 is 1.97 bits per heavy atom. The van der Waals surface area contributed by atoms with E-state index in [1.807, 2.05) is 33.0 Å². The molecule has 34 heavy (non-hydrogen) atoms. The summed E-state index contributed by atoms with van der Waals surface area (Å²) in [6.07, 6.45) is 4.08. The normalized spacial score (nSPS) is 13.6. The largest absolute Gasteiger partial charge is 0.342 e. The number of carbonyl (C=O) groups is 2. The van der Waals surface area contributed by atoms with Gasteiger partial charge in [-0.25, -0.2) is 0 Å². The molecular weight excluding hydrogens is 468 g/mol. The number of thioether (sulfide) groups is 1. The number of aryl methyl sites for hydroxylation is 2. The maximum Gasteiger partial charge on any atom is 0.251 e. The van der Waals surface area contributed by atoms with Crippen LogP contribution >= 0.6 is 23.1 Å². The number of benzene rings is 1. The van der Waals surface area contributed by atoms with Crippen molar-refractivity contribution in [1.82, 2.24) is 20.1 Å². The SMILES string of the molecule is Cc1ccc(C(=O)N[C@H](C)c2nnc(SCC(=O)Nc3sc4c(c3C#N)CCCC4)n2C)cc1. The summed E-state index contributed by atoms with van der Waals surface area (Å²) in [4.78, 5) is 26.3. The first-order valence-electron chi connectivity index (χ1n) is 11.1. The third-order valence-corrected chi connectivity index (χ3v) is 8.01. The molecule has 1 aliphatic carbocycles. The molecule has 2 amide bonds. The Labute approximate surface area is 206 Å². The van der Waals surface area contributed by atoms with Gasteiger partial charge in [0.25, 0.3) is 5.91 Å². The number of thiophene rings is 1. The number of nitrogens with one attached hydrogen (secondary N) is 2. The first kappa shape index (κ1) is 24.0. The number of anilines is 1. The van der Waals surface area contributed by atoms with Gasteiger partial charge in [-0.15, -0.1) is 21.5 Å². The van der Waals surface area contributed by atoms with Crippen molar-refractivity contribution in [2.24, 2.45) is 7.05 Å². The predicted molar refractivity (Wildman–Crippen MR) is 133 cm³/mol. The van der Waals surface area contributed by atoms with Crippen LogP contribution in [0.25, 0.3) is 0 Å². The minimum absolute atomic E-state index is 0.142. The molecule has 3 aromatic rings. The fourth-order valence-corrected chi connectivity index (χ4v) is 5.92. The lowest BCUT2D eigenvalue weighted by Gasteiger charge is -2.13. The van der Waals surface area contributed by atoms with Gasteiger partial charge < -0.3 is 15.2 Å². The number of nitrogens with zero attached hydrogens (tertiary/aromatic N) is 4. The van der Waals surface area contributed by atoms with Crippen LogP contribution in [-0.4, -0.2) is 32.3 Å². The van der Waals surface area contributed by atoms with Crippen molar-refractivity contribution in [3.8, 4) is 6.07 Å². The van der Waals surface area contributed by atoms with Crippen LogP contribution in [0.5, 0.6) is 0 Å². The lowest BCUT2D eigenvalue weighted by atomic mass is 9.96. The van der Waals surface area contributed by atoms with Gasteiger partial charge >= 0.3 is 0 Å². The maximum absolute atomic E-state index is 12.6. The molecule has 0 aliphatic heterocycles. The summed E-state index contributed by atoms with van der Waals surface area (Å²) in [7, 11) is 1.81. The van der Waals surface area contributed by atoms with Gasteiger partial charge in [-0.1, -0.05) is 29.5 Å². The van der Waals surface area contributed by atoms with E-state index in [4.69, 9.17) is 0 Å². The van der Waals surface area contributed by atoms with Gasteiger partial charge in [0, 0.05) is 17.5 Å². The van der Waals surface area contributed by atoms with Gasteiger partial charge in [-0.05, 0) is 57.2 Å². The summed E-state index contributed by atoms with van der Waals surface area (Å²) < 4.78 is 1.78.